The summed E-state index contributed by atoms with van der Waals surface area (Å²) in [6.07, 6.45) is 8.79. The van der Waals surface area contributed by atoms with E-state index in [4.69, 9.17) is 4.74 Å². The minimum Gasteiger partial charge on any atom is -0.489 e. The molecule has 1 aliphatic carbocycles. The van der Waals surface area contributed by atoms with Crippen molar-refractivity contribution in [2.24, 2.45) is 15.9 Å². The highest BCUT2D eigenvalue weighted by Crippen LogP contribution is 2.21. The van der Waals surface area contributed by atoms with Crippen LogP contribution in [0.4, 0.5) is 0 Å². The van der Waals surface area contributed by atoms with E-state index in [-0.39, 0.29) is 17.3 Å². The summed E-state index contributed by atoms with van der Waals surface area (Å²) in [6.45, 7) is 0.454. The Kier molecular flexibility index (Phi) is 5.26. The number of nitriles is 1. The maximum absolute atomic E-state index is 12.3. The summed E-state index contributed by atoms with van der Waals surface area (Å²) in [5, 5.41) is 9.60. The number of nitrogens with zero attached hydrogens (tertiary/aromatic N) is 3. The third-order valence-corrected chi connectivity index (χ3v) is 4.50. The van der Waals surface area contributed by atoms with E-state index < -0.39 is 5.92 Å². The summed E-state index contributed by atoms with van der Waals surface area (Å²) in [6, 6.07) is 19.4. The van der Waals surface area contributed by atoms with Gasteiger partial charge in [-0.25, -0.2) is 4.99 Å². The van der Waals surface area contributed by atoms with Crippen LogP contribution in [0.3, 0.4) is 0 Å². The molecule has 0 N–H and O–H groups in total. The number of ether oxygens (including phenoxy) is 1. The number of hydrogen-bond donors (Lipinski definition) is 0. The van der Waals surface area contributed by atoms with Gasteiger partial charge in [-0.15, -0.1) is 0 Å². The summed E-state index contributed by atoms with van der Waals surface area (Å²) in [5.74, 6) is 0.0534. The summed E-state index contributed by atoms with van der Waals surface area (Å²) in [7, 11) is 0. The van der Waals surface area contributed by atoms with Crippen LogP contribution in [0.2, 0.25) is 0 Å². The van der Waals surface area contributed by atoms with Crippen molar-refractivity contribution in [2.45, 2.75) is 6.61 Å². The third-order valence-electron chi connectivity index (χ3n) is 4.50. The van der Waals surface area contributed by atoms with Crippen molar-refractivity contribution >= 4 is 23.5 Å². The Bertz CT molecular complexity index is 1130. The fourth-order valence-electron chi connectivity index (χ4n) is 3.04. The Morgan fingerprint density at radius 3 is 2.79 bits per heavy atom. The quantitative estimate of drug-likeness (QED) is 0.727. The van der Waals surface area contributed by atoms with Gasteiger partial charge in [0.1, 0.15) is 24.3 Å². The van der Waals surface area contributed by atoms with E-state index >= 15 is 0 Å². The summed E-state index contributed by atoms with van der Waals surface area (Å²) in [5.41, 5.74) is 2.67. The topological polar surface area (TPSA) is 74.8 Å². The van der Waals surface area contributed by atoms with Crippen molar-refractivity contribution in [3.05, 3.63) is 95.6 Å². The van der Waals surface area contributed by atoms with Gasteiger partial charge in [0.25, 0.3) is 5.91 Å². The van der Waals surface area contributed by atoms with Gasteiger partial charge < -0.3 is 4.74 Å². The molecule has 5 nitrogen and oxygen atoms in total. The maximum Gasteiger partial charge on any atom is 0.260 e. The van der Waals surface area contributed by atoms with Crippen LogP contribution in [-0.2, 0) is 11.4 Å². The number of amidine groups is 1. The van der Waals surface area contributed by atoms with Gasteiger partial charge in [-0.1, -0.05) is 60.7 Å². The number of hydrogen-bond acceptors (Lipinski definition) is 4. The van der Waals surface area contributed by atoms with Crippen LogP contribution in [0.1, 0.15) is 11.1 Å². The molecule has 0 spiro atoms. The maximum atomic E-state index is 12.3. The lowest BCUT2D eigenvalue weighted by atomic mass is 9.96. The van der Waals surface area contributed by atoms with Crippen LogP contribution >= 0.6 is 0 Å². The number of rotatable bonds is 5. The lowest BCUT2D eigenvalue weighted by Gasteiger charge is -2.17. The van der Waals surface area contributed by atoms with Crippen molar-refractivity contribution in [3.8, 4) is 11.8 Å². The van der Waals surface area contributed by atoms with Gasteiger partial charge in [0.05, 0.1) is 11.3 Å². The van der Waals surface area contributed by atoms with Gasteiger partial charge in [-0.3, -0.25) is 4.79 Å². The van der Waals surface area contributed by atoms with E-state index in [9.17, 15) is 10.1 Å². The van der Waals surface area contributed by atoms with Crippen LogP contribution in [-0.4, -0.2) is 17.5 Å². The Morgan fingerprint density at radius 2 is 1.97 bits per heavy atom. The zero-order chi connectivity index (χ0) is 20.1. The van der Waals surface area contributed by atoms with Gasteiger partial charge in [-0.2, -0.15) is 10.3 Å². The number of benzene rings is 2. The van der Waals surface area contributed by atoms with Crippen LogP contribution in [0, 0.1) is 17.2 Å². The smallest absolute Gasteiger partial charge is 0.260 e. The molecule has 0 fully saturated rings. The van der Waals surface area contributed by atoms with Crippen molar-refractivity contribution in [3.63, 3.8) is 0 Å². The van der Waals surface area contributed by atoms with Crippen LogP contribution in [0.15, 0.2) is 94.5 Å². The molecule has 4 rings (SSSR count). The first-order chi connectivity index (χ1) is 14.2. The highest BCUT2D eigenvalue weighted by atomic mass is 16.5. The van der Waals surface area contributed by atoms with Gasteiger partial charge in [0.15, 0.2) is 5.84 Å². The molecule has 0 radical (unpaired) electrons. The minimum absolute atomic E-state index is 0.138. The number of amides is 1. The van der Waals surface area contributed by atoms with E-state index in [1.54, 1.807) is 24.3 Å². The summed E-state index contributed by atoms with van der Waals surface area (Å²) in [4.78, 5) is 20.7. The number of aliphatic imine (C=N–C) groups is 2. The fraction of sp³-hybridized carbons (Fsp3) is 0.0833. The van der Waals surface area contributed by atoms with Crippen molar-refractivity contribution < 1.29 is 9.53 Å². The van der Waals surface area contributed by atoms with Gasteiger partial charge in [0, 0.05) is 0 Å². The molecule has 1 amide bonds. The molecule has 29 heavy (non-hydrogen) atoms. The third kappa shape index (κ3) is 4.28. The van der Waals surface area contributed by atoms with Crippen LogP contribution in [0.25, 0.3) is 6.08 Å². The van der Waals surface area contributed by atoms with Crippen molar-refractivity contribution in [2.75, 3.05) is 0 Å². The SMILES string of the molecule is N#C/C(=C\c1cccc(OCc2ccccc2)c1)C1=NC(=O)C2C=CC=CC2=N1. The number of fused-ring (bicyclic) bond motifs is 1. The van der Waals surface area contributed by atoms with Gasteiger partial charge in [0.2, 0.25) is 0 Å². The predicted molar refractivity (Wildman–Crippen MR) is 112 cm³/mol. The lowest BCUT2D eigenvalue weighted by molar-refractivity contribution is -0.118. The summed E-state index contributed by atoms with van der Waals surface area (Å²) < 4.78 is 5.84. The fourth-order valence-corrected chi connectivity index (χ4v) is 3.04. The molecule has 1 aliphatic heterocycles. The molecule has 140 valence electrons. The zero-order valence-corrected chi connectivity index (χ0v) is 15.5. The molecule has 2 aromatic carbocycles. The zero-order valence-electron chi connectivity index (χ0n) is 15.5. The van der Waals surface area contributed by atoms with Gasteiger partial charge >= 0.3 is 0 Å². The number of carbonyl (C=O) groups excluding carboxylic acids is 1. The minimum atomic E-state index is -0.460. The molecule has 1 heterocycles. The molecular formula is C24H17N3O2. The molecule has 1 unspecified atom stereocenters. The van der Waals surface area contributed by atoms with Crippen LogP contribution < -0.4 is 4.74 Å². The first-order valence-corrected chi connectivity index (χ1v) is 9.18. The largest absolute Gasteiger partial charge is 0.489 e. The molecule has 2 aliphatic rings. The van der Waals surface area contributed by atoms with E-state index in [0.29, 0.717) is 18.1 Å². The van der Waals surface area contributed by atoms with E-state index in [1.807, 2.05) is 60.7 Å². The van der Waals surface area contributed by atoms with Gasteiger partial charge in [-0.05, 0) is 35.4 Å². The molecule has 5 heteroatoms. The standard InChI is InChI=1S/C24H17N3O2/c25-15-19(23-26-22-12-5-4-11-21(22)24(28)27-23)13-18-9-6-10-20(14-18)29-16-17-7-2-1-3-8-17/h1-14,21H,16H2/b19-13+. The Morgan fingerprint density at radius 1 is 1.10 bits per heavy atom. The predicted octanol–water partition coefficient (Wildman–Crippen LogP) is 4.29. The Hall–Kier alpha value is -4.04. The Labute approximate surface area is 168 Å². The molecule has 0 aromatic heterocycles. The van der Waals surface area contributed by atoms with Crippen molar-refractivity contribution in [1.29, 1.82) is 5.26 Å². The lowest BCUT2D eigenvalue weighted by Crippen LogP contribution is -2.27. The summed E-state index contributed by atoms with van der Waals surface area (Å²) >= 11 is 0. The second-order valence-corrected chi connectivity index (χ2v) is 6.55. The number of allylic oxidation sites excluding steroid dienone is 3. The molecular weight excluding hydrogens is 362 g/mol. The molecule has 0 saturated carbocycles. The monoisotopic (exact) mass is 379 g/mol. The molecule has 0 saturated heterocycles. The average molecular weight is 379 g/mol. The second-order valence-electron chi connectivity index (χ2n) is 6.55. The Balaban J connectivity index is 1.56. The second kappa shape index (κ2) is 8.32. The van der Waals surface area contributed by atoms with E-state index in [0.717, 1.165) is 11.1 Å². The highest BCUT2D eigenvalue weighted by molar-refractivity contribution is 6.26. The molecule has 1 atom stereocenters. The molecule has 2 aromatic rings. The molecule has 0 bridgehead atoms. The average Bonchev–Trinajstić information content (AvgIpc) is 2.77. The highest BCUT2D eigenvalue weighted by Gasteiger charge is 2.27. The first kappa shape index (κ1) is 18.3. The first-order valence-electron chi connectivity index (χ1n) is 9.18. The van der Waals surface area contributed by atoms with Crippen molar-refractivity contribution in [1.82, 2.24) is 0 Å². The van der Waals surface area contributed by atoms with E-state index in [2.05, 4.69) is 16.1 Å². The van der Waals surface area contributed by atoms with E-state index in [1.165, 1.54) is 0 Å². The number of carbonyl (C=O) groups is 1. The van der Waals surface area contributed by atoms with Crippen LogP contribution in [0.5, 0.6) is 5.75 Å². The normalized spacial score (nSPS) is 17.8.